The molecule has 0 saturated carbocycles. The molecule has 0 aliphatic carbocycles. The Kier molecular flexibility index (Phi) is 3.32. The number of ether oxygens (including phenoxy) is 1. The van der Waals surface area contributed by atoms with Crippen molar-refractivity contribution in [1.29, 1.82) is 0 Å². The molecule has 2 heterocycles. The van der Waals surface area contributed by atoms with Crippen LogP contribution in [0.1, 0.15) is 43.6 Å². The van der Waals surface area contributed by atoms with Crippen molar-refractivity contribution in [2.24, 2.45) is 0 Å². The van der Waals surface area contributed by atoms with Crippen LogP contribution in [-0.2, 0) is 4.74 Å². The van der Waals surface area contributed by atoms with Crippen LogP contribution in [0, 0.1) is 0 Å². The van der Waals surface area contributed by atoms with E-state index in [1.165, 1.54) is 43.4 Å². The maximum Gasteiger partial charge on any atom is 0.0576 e. The van der Waals surface area contributed by atoms with Crippen molar-refractivity contribution in [2.45, 2.75) is 44.1 Å². The van der Waals surface area contributed by atoms with Crippen LogP contribution in [0.25, 0.3) is 0 Å². The van der Waals surface area contributed by atoms with Gasteiger partial charge in [-0.3, -0.25) is 0 Å². The predicted octanol–water partition coefficient (Wildman–Crippen LogP) is 3.55. The lowest BCUT2D eigenvalue weighted by Gasteiger charge is -2.27. The molecule has 0 spiro atoms. The van der Waals surface area contributed by atoms with E-state index >= 15 is 0 Å². The highest BCUT2D eigenvalue weighted by Gasteiger charge is 2.22. The summed E-state index contributed by atoms with van der Waals surface area (Å²) in [6.07, 6.45) is 6.85. The first-order chi connectivity index (χ1) is 8.43. The molecule has 2 atom stereocenters. The average molecular weight is 231 g/mol. The zero-order valence-corrected chi connectivity index (χ0v) is 10.3. The zero-order chi connectivity index (χ0) is 11.5. The molecule has 2 unspecified atom stereocenters. The van der Waals surface area contributed by atoms with Crippen molar-refractivity contribution in [3.8, 4) is 0 Å². The van der Waals surface area contributed by atoms with Crippen LogP contribution < -0.4 is 5.32 Å². The molecular formula is C15H21NO. The Balaban J connectivity index is 1.64. The molecular weight excluding hydrogens is 210 g/mol. The smallest absolute Gasteiger partial charge is 0.0576 e. The van der Waals surface area contributed by atoms with E-state index in [1.54, 1.807) is 0 Å². The molecule has 17 heavy (non-hydrogen) atoms. The van der Waals surface area contributed by atoms with Crippen LogP contribution >= 0.6 is 0 Å². The highest BCUT2D eigenvalue weighted by molar-refractivity contribution is 5.54. The first-order valence-electron chi connectivity index (χ1n) is 6.88. The number of nitrogens with one attached hydrogen (secondary N) is 1. The third kappa shape index (κ3) is 2.47. The minimum atomic E-state index is 0.539. The quantitative estimate of drug-likeness (QED) is 0.859. The fourth-order valence-electron chi connectivity index (χ4n) is 3.11. The number of hydrogen-bond donors (Lipinski definition) is 1. The number of benzene rings is 1. The first-order valence-corrected chi connectivity index (χ1v) is 6.88. The molecule has 0 amide bonds. The van der Waals surface area contributed by atoms with E-state index in [0.717, 1.165) is 19.1 Å². The monoisotopic (exact) mass is 231 g/mol. The van der Waals surface area contributed by atoms with Crippen molar-refractivity contribution in [3.05, 3.63) is 29.8 Å². The van der Waals surface area contributed by atoms with E-state index in [-0.39, 0.29) is 0 Å². The van der Waals surface area contributed by atoms with Gasteiger partial charge in [0, 0.05) is 18.8 Å². The molecule has 2 aliphatic rings. The Morgan fingerprint density at radius 1 is 1.18 bits per heavy atom. The largest absolute Gasteiger partial charge is 0.385 e. The second-order valence-electron chi connectivity index (χ2n) is 5.21. The summed E-state index contributed by atoms with van der Waals surface area (Å²) in [5.74, 6) is 0.733. The number of anilines is 1. The Hall–Kier alpha value is -1.02. The molecule has 0 radical (unpaired) electrons. The van der Waals surface area contributed by atoms with Crippen LogP contribution in [0.4, 0.5) is 5.69 Å². The highest BCUT2D eigenvalue weighted by Crippen LogP contribution is 2.35. The number of fused-ring (bicyclic) bond motifs is 1. The zero-order valence-electron chi connectivity index (χ0n) is 10.3. The highest BCUT2D eigenvalue weighted by atomic mass is 16.5. The van der Waals surface area contributed by atoms with Gasteiger partial charge < -0.3 is 10.1 Å². The third-order valence-corrected chi connectivity index (χ3v) is 4.07. The van der Waals surface area contributed by atoms with Gasteiger partial charge in [-0.25, -0.2) is 0 Å². The number of rotatable bonds is 3. The second-order valence-corrected chi connectivity index (χ2v) is 5.21. The maximum atomic E-state index is 5.72. The number of para-hydroxylation sites is 1. The molecule has 1 aromatic rings. The standard InChI is InChI=1S/C15H21NO/c1-2-6-15-14(5-1)12(9-10-16-15)7-8-13-4-3-11-17-13/h1-2,5-6,12-13,16H,3-4,7-11H2. The Bertz CT molecular complexity index is 371. The summed E-state index contributed by atoms with van der Waals surface area (Å²) < 4.78 is 5.72. The van der Waals surface area contributed by atoms with Crippen molar-refractivity contribution in [3.63, 3.8) is 0 Å². The van der Waals surface area contributed by atoms with E-state index < -0.39 is 0 Å². The van der Waals surface area contributed by atoms with Crippen LogP contribution in [0.2, 0.25) is 0 Å². The van der Waals surface area contributed by atoms with Gasteiger partial charge in [0.2, 0.25) is 0 Å². The summed E-state index contributed by atoms with van der Waals surface area (Å²) in [5, 5.41) is 3.49. The first kappa shape index (κ1) is 11.1. The predicted molar refractivity (Wildman–Crippen MR) is 70.5 cm³/mol. The normalized spacial score (nSPS) is 27.5. The molecule has 2 heteroatoms. The van der Waals surface area contributed by atoms with Gasteiger partial charge in [-0.2, -0.15) is 0 Å². The van der Waals surface area contributed by atoms with Gasteiger partial charge >= 0.3 is 0 Å². The van der Waals surface area contributed by atoms with Crippen LogP contribution in [0.15, 0.2) is 24.3 Å². The fraction of sp³-hybridized carbons (Fsp3) is 0.600. The van der Waals surface area contributed by atoms with E-state index in [1.807, 2.05) is 0 Å². The van der Waals surface area contributed by atoms with Gasteiger partial charge in [0.1, 0.15) is 0 Å². The van der Waals surface area contributed by atoms with Crippen molar-refractivity contribution < 1.29 is 4.74 Å². The SMILES string of the molecule is c1ccc2c(c1)NCCC2CCC1CCCO1. The lowest BCUT2D eigenvalue weighted by atomic mass is 9.86. The van der Waals surface area contributed by atoms with E-state index in [9.17, 15) is 0 Å². The molecule has 2 aliphatic heterocycles. The van der Waals surface area contributed by atoms with E-state index in [0.29, 0.717) is 6.10 Å². The third-order valence-electron chi connectivity index (χ3n) is 4.07. The maximum absolute atomic E-state index is 5.72. The molecule has 1 N–H and O–H groups in total. The molecule has 0 bridgehead atoms. The molecule has 0 aromatic heterocycles. The van der Waals surface area contributed by atoms with Crippen LogP contribution in [0.3, 0.4) is 0 Å². The van der Waals surface area contributed by atoms with Gasteiger partial charge in [0.15, 0.2) is 0 Å². The van der Waals surface area contributed by atoms with E-state index in [4.69, 9.17) is 4.74 Å². The summed E-state index contributed by atoms with van der Waals surface area (Å²) in [6.45, 7) is 2.10. The van der Waals surface area contributed by atoms with Crippen LogP contribution in [0.5, 0.6) is 0 Å². The van der Waals surface area contributed by atoms with Gasteiger partial charge in [0.05, 0.1) is 6.10 Å². The van der Waals surface area contributed by atoms with Gasteiger partial charge in [0.25, 0.3) is 0 Å². The summed E-state index contributed by atoms with van der Waals surface area (Å²) in [5.41, 5.74) is 2.85. The Labute approximate surface area is 103 Å². The van der Waals surface area contributed by atoms with Crippen LogP contribution in [-0.4, -0.2) is 19.3 Å². The molecule has 3 rings (SSSR count). The summed E-state index contributed by atoms with van der Waals surface area (Å²) in [7, 11) is 0. The summed E-state index contributed by atoms with van der Waals surface area (Å²) in [6, 6.07) is 8.76. The van der Waals surface area contributed by atoms with Crippen molar-refractivity contribution in [1.82, 2.24) is 0 Å². The van der Waals surface area contributed by atoms with Gasteiger partial charge in [-0.1, -0.05) is 18.2 Å². The fourth-order valence-corrected chi connectivity index (χ4v) is 3.11. The second kappa shape index (κ2) is 5.09. The van der Waals surface area contributed by atoms with Crippen molar-refractivity contribution in [2.75, 3.05) is 18.5 Å². The Morgan fingerprint density at radius 2 is 2.12 bits per heavy atom. The van der Waals surface area contributed by atoms with Gasteiger partial charge in [-0.15, -0.1) is 0 Å². The minimum absolute atomic E-state index is 0.539. The van der Waals surface area contributed by atoms with Gasteiger partial charge in [-0.05, 0) is 49.7 Å². The topological polar surface area (TPSA) is 21.3 Å². The summed E-state index contributed by atoms with van der Waals surface area (Å²) >= 11 is 0. The molecule has 1 aromatic carbocycles. The lowest BCUT2D eigenvalue weighted by molar-refractivity contribution is 0.100. The Morgan fingerprint density at radius 3 is 3.00 bits per heavy atom. The summed E-state index contributed by atoms with van der Waals surface area (Å²) in [4.78, 5) is 0. The number of hydrogen-bond acceptors (Lipinski definition) is 2. The van der Waals surface area contributed by atoms with E-state index in [2.05, 4.69) is 29.6 Å². The minimum Gasteiger partial charge on any atom is -0.385 e. The molecule has 1 fully saturated rings. The average Bonchev–Trinajstić information content (AvgIpc) is 2.89. The molecule has 92 valence electrons. The van der Waals surface area contributed by atoms with Crippen molar-refractivity contribution >= 4 is 5.69 Å². The molecule has 2 nitrogen and oxygen atoms in total. The molecule has 1 saturated heterocycles. The lowest BCUT2D eigenvalue weighted by Crippen LogP contribution is -2.18.